The standard InChI is InChI=1S/C16H23N3S/c1-12(2)17-10-14-16(13-8-6-5-7-9-13)20-15(18-14)11-19(3)4/h5-9,12,17H,10-11H2,1-4H3. The molecule has 0 aliphatic rings. The van der Waals surface area contributed by atoms with Gasteiger partial charge in [-0.25, -0.2) is 4.98 Å². The zero-order valence-corrected chi connectivity index (χ0v) is 13.5. The molecular weight excluding hydrogens is 266 g/mol. The van der Waals surface area contributed by atoms with Gasteiger partial charge in [-0.2, -0.15) is 0 Å². The van der Waals surface area contributed by atoms with Crippen LogP contribution in [0.1, 0.15) is 24.5 Å². The third-order valence-corrected chi connectivity index (χ3v) is 4.04. The average molecular weight is 289 g/mol. The molecule has 1 heterocycles. The predicted molar refractivity (Wildman–Crippen MR) is 86.9 cm³/mol. The first kappa shape index (κ1) is 15.2. The van der Waals surface area contributed by atoms with Crippen molar-refractivity contribution in [3.05, 3.63) is 41.0 Å². The van der Waals surface area contributed by atoms with Crippen LogP contribution in [0.4, 0.5) is 0 Å². The van der Waals surface area contributed by atoms with Gasteiger partial charge in [-0.05, 0) is 19.7 Å². The van der Waals surface area contributed by atoms with E-state index >= 15 is 0 Å². The Morgan fingerprint density at radius 1 is 1.20 bits per heavy atom. The van der Waals surface area contributed by atoms with Crippen molar-refractivity contribution in [1.29, 1.82) is 0 Å². The molecule has 108 valence electrons. The maximum Gasteiger partial charge on any atom is 0.108 e. The molecule has 3 nitrogen and oxygen atoms in total. The van der Waals surface area contributed by atoms with E-state index in [1.165, 1.54) is 15.4 Å². The van der Waals surface area contributed by atoms with Gasteiger partial charge >= 0.3 is 0 Å². The summed E-state index contributed by atoms with van der Waals surface area (Å²) in [6.45, 7) is 6.04. The number of thiazole rings is 1. The summed E-state index contributed by atoms with van der Waals surface area (Å²) in [7, 11) is 4.16. The molecule has 0 aliphatic heterocycles. The van der Waals surface area contributed by atoms with Crippen molar-refractivity contribution in [3.63, 3.8) is 0 Å². The van der Waals surface area contributed by atoms with Crippen LogP contribution in [0.3, 0.4) is 0 Å². The third-order valence-electron chi connectivity index (χ3n) is 2.91. The lowest BCUT2D eigenvalue weighted by atomic mass is 10.1. The third kappa shape index (κ3) is 4.13. The summed E-state index contributed by atoms with van der Waals surface area (Å²) in [5.74, 6) is 0. The number of hydrogen-bond acceptors (Lipinski definition) is 4. The molecule has 4 heteroatoms. The fourth-order valence-corrected chi connectivity index (χ4v) is 3.18. The second kappa shape index (κ2) is 6.97. The molecule has 0 spiro atoms. The lowest BCUT2D eigenvalue weighted by molar-refractivity contribution is 0.401. The Morgan fingerprint density at radius 2 is 1.90 bits per heavy atom. The maximum atomic E-state index is 4.81. The van der Waals surface area contributed by atoms with Crippen LogP contribution >= 0.6 is 11.3 Å². The zero-order valence-electron chi connectivity index (χ0n) is 12.7. The predicted octanol–water partition coefficient (Wildman–Crippen LogP) is 3.37. The minimum absolute atomic E-state index is 0.470. The van der Waals surface area contributed by atoms with E-state index in [9.17, 15) is 0 Å². The van der Waals surface area contributed by atoms with Gasteiger partial charge in [-0.3, -0.25) is 0 Å². The Bertz CT molecular complexity index is 532. The highest BCUT2D eigenvalue weighted by Gasteiger charge is 2.13. The normalized spacial score (nSPS) is 11.5. The molecule has 1 N–H and O–H groups in total. The van der Waals surface area contributed by atoms with E-state index in [2.05, 4.69) is 68.5 Å². The van der Waals surface area contributed by atoms with E-state index in [0.29, 0.717) is 6.04 Å². The average Bonchev–Trinajstić information content (AvgIpc) is 2.79. The summed E-state index contributed by atoms with van der Waals surface area (Å²) in [5, 5.41) is 4.64. The minimum Gasteiger partial charge on any atom is -0.309 e. The molecule has 0 amide bonds. The Hall–Kier alpha value is -1.23. The van der Waals surface area contributed by atoms with Crippen molar-refractivity contribution in [2.24, 2.45) is 0 Å². The topological polar surface area (TPSA) is 28.2 Å². The first-order valence-corrected chi connectivity index (χ1v) is 7.80. The summed E-state index contributed by atoms with van der Waals surface area (Å²) < 4.78 is 0. The largest absolute Gasteiger partial charge is 0.309 e. The van der Waals surface area contributed by atoms with Gasteiger partial charge < -0.3 is 10.2 Å². The number of benzene rings is 1. The zero-order chi connectivity index (χ0) is 14.5. The molecule has 2 aromatic rings. The summed E-state index contributed by atoms with van der Waals surface area (Å²) in [6.07, 6.45) is 0. The van der Waals surface area contributed by atoms with E-state index in [-0.39, 0.29) is 0 Å². The molecule has 2 rings (SSSR count). The second-order valence-corrected chi connectivity index (χ2v) is 6.61. The van der Waals surface area contributed by atoms with Gasteiger partial charge in [-0.15, -0.1) is 11.3 Å². The summed E-state index contributed by atoms with van der Waals surface area (Å²) in [5.41, 5.74) is 2.42. The molecule has 0 saturated carbocycles. The van der Waals surface area contributed by atoms with Gasteiger partial charge in [0.15, 0.2) is 0 Å². The maximum absolute atomic E-state index is 4.81. The van der Waals surface area contributed by atoms with Gasteiger partial charge in [0, 0.05) is 19.1 Å². The molecule has 1 aromatic carbocycles. The summed E-state index contributed by atoms with van der Waals surface area (Å²) in [6, 6.07) is 11.0. The molecule has 0 radical (unpaired) electrons. The first-order valence-electron chi connectivity index (χ1n) is 6.98. The van der Waals surface area contributed by atoms with Crippen molar-refractivity contribution in [2.45, 2.75) is 33.0 Å². The summed E-state index contributed by atoms with van der Waals surface area (Å²) in [4.78, 5) is 8.26. The molecule has 0 atom stereocenters. The number of nitrogens with zero attached hydrogens (tertiary/aromatic N) is 2. The molecule has 0 bridgehead atoms. The fraction of sp³-hybridized carbons (Fsp3) is 0.438. The van der Waals surface area contributed by atoms with Crippen LogP contribution in [0.15, 0.2) is 30.3 Å². The Balaban J connectivity index is 2.29. The molecular formula is C16H23N3S. The second-order valence-electron chi connectivity index (χ2n) is 5.52. The van der Waals surface area contributed by atoms with Crippen molar-refractivity contribution in [1.82, 2.24) is 15.2 Å². The Labute approximate surface area is 125 Å². The molecule has 0 aliphatic carbocycles. The molecule has 0 saturated heterocycles. The van der Waals surface area contributed by atoms with Crippen molar-refractivity contribution < 1.29 is 0 Å². The lowest BCUT2D eigenvalue weighted by Crippen LogP contribution is -2.22. The van der Waals surface area contributed by atoms with Gasteiger partial charge in [-0.1, -0.05) is 44.2 Å². The van der Waals surface area contributed by atoms with Gasteiger partial charge in [0.2, 0.25) is 0 Å². The van der Waals surface area contributed by atoms with Gasteiger partial charge in [0.25, 0.3) is 0 Å². The number of rotatable bonds is 6. The number of hydrogen-bond donors (Lipinski definition) is 1. The number of nitrogens with one attached hydrogen (secondary N) is 1. The van der Waals surface area contributed by atoms with E-state index in [1.807, 2.05) is 0 Å². The SMILES string of the molecule is CC(C)NCc1nc(CN(C)C)sc1-c1ccccc1. The highest BCUT2D eigenvalue weighted by atomic mass is 32.1. The Kier molecular flexibility index (Phi) is 5.29. The van der Waals surface area contributed by atoms with Crippen LogP contribution in [-0.2, 0) is 13.1 Å². The van der Waals surface area contributed by atoms with Crippen LogP contribution in [0, 0.1) is 0 Å². The summed E-state index contributed by atoms with van der Waals surface area (Å²) >= 11 is 1.80. The van der Waals surface area contributed by atoms with Crippen LogP contribution < -0.4 is 5.32 Å². The van der Waals surface area contributed by atoms with E-state index in [1.54, 1.807) is 11.3 Å². The van der Waals surface area contributed by atoms with Gasteiger partial charge in [0.05, 0.1) is 10.6 Å². The smallest absolute Gasteiger partial charge is 0.108 e. The van der Waals surface area contributed by atoms with Crippen LogP contribution in [0.2, 0.25) is 0 Å². The fourth-order valence-electron chi connectivity index (χ4n) is 1.97. The van der Waals surface area contributed by atoms with E-state index in [4.69, 9.17) is 4.98 Å². The molecule has 20 heavy (non-hydrogen) atoms. The van der Waals surface area contributed by atoms with Gasteiger partial charge in [0.1, 0.15) is 5.01 Å². The quantitative estimate of drug-likeness (QED) is 0.883. The minimum atomic E-state index is 0.470. The van der Waals surface area contributed by atoms with Crippen LogP contribution in [-0.4, -0.2) is 30.0 Å². The highest BCUT2D eigenvalue weighted by molar-refractivity contribution is 7.15. The van der Waals surface area contributed by atoms with E-state index < -0.39 is 0 Å². The van der Waals surface area contributed by atoms with E-state index in [0.717, 1.165) is 18.8 Å². The monoisotopic (exact) mass is 289 g/mol. The molecule has 1 aromatic heterocycles. The molecule has 0 unspecified atom stereocenters. The highest BCUT2D eigenvalue weighted by Crippen LogP contribution is 2.30. The molecule has 0 fully saturated rings. The number of aromatic nitrogens is 1. The van der Waals surface area contributed by atoms with Crippen molar-refractivity contribution in [3.8, 4) is 10.4 Å². The van der Waals surface area contributed by atoms with Crippen molar-refractivity contribution >= 4 is 11.3 Å². The van der Waals surface area contributed by atoms with Crippen LogP contribution in [0.25, 0.3) is 10.4 Å². The Morgan fingerprint density at radius 3 is 2.50 bits per heavy atom. The lowest BCUT2D eigenvalue weighted by Gasteiger charge is -2.07. The first-order chi connectivity index (χ1) is 9.56. The van der Waals surface area contributed by atoms with Crippen LogP contribution in [0.5, 0.6) is 0 Å². The van der Waals surface area contributed by atoms with Crippen molar-refractivity contribution in [2.75, 3.05) is 14.1 Å².